The second-order valence-corrected chi connectivity index (χ2v) is 23.9. The van der Waals surface area contributed by atoms with Gasteiger partial charge in [-0.3, -0.25) is 0 Å². The third kappa shape index (κ3) is 8.26. The molecular weight excluding hydrogens is 493 g/mol. The first-order valence-electron chi connectivity index (χ1n) is 12.1. The number of benzene rings is 2. The van der Waals surface area contributed by atoms with Crippen molar-refractivity contribution in [1.29, 1.82) is 0 Å². The highest BCUT2D eigenvalue weighted by atomic mass is 28.5. The van der Waals surface area contributed by atoms with Gasteiger partial charge in [-0.15, -0.1) is 0 Å². The van der Waals surface area contributed by atoms with Crippen LogP contribution in [0.4, 0.5) is 0 Å². The lowest BCUT2D eigenvalue weighted by molar-refractivity contribution is 0.215. The number of ether oxygens (including phenoxy) is 1. The molecule has 0 aliphatic heterocycles. The van der Waals surface area contributed by atoms with Gasteiger partial charge in [-0.1, -0.05) is 30.3 Å². The summed E-state index contributed by atoms with van der Waals surface area (Å²) in [5.74, 6) is 0.715. The van der Waals surface area contributed by atoms with Gasteiger partial charge >= 0.3 is 14.2 Å². The van der Waals surface area contributed by atoms with E-state index >= 15 is 0 Å². The van der Waals surface area contributed by atoms with Crippen LogP contribution >= 0.6 is 0 Å². The van der Waals surface area contributed by atoms with Crippen molar-refractivity contribution in [2.45, 2.75) is 64.4 Å². The summed E-state index contributed by atoms with van der Waals surface area (Å²) in [5, 5.41) is 11.6. The van der Waals surface area contributed by atoms with Gasteiger partial charge in [0.2, 0.25) is 0 Å². The molecule has 3 aromatic rings. The Bertz CT molecular complexity index is 1160. The van der Waals surface area contributed by atoms with Crippen molar-refractivity contribution < 1.29 is 22.5 Å². The molecule has 1 unspecified atom stereocenters. The molecule has 9 heteroatoms. The summed E-state index contributed by atoms with van der Waals surface area (Å²) in [7, 11) is -5.70. The number of aliphatic hydroxyl groups is 1. The van der Waals surface area contributed by atoms with Crippen LogP contribution in [0.15, 0.2) is 63.8 Å². The number of rotatable bonds is 11. The Morgan fingerprint density at radius 1 is 0.886 bits per heavy atom. The Morgan fingerprint density at radius 3 is 2.09 bits per heavy atom. The summed E-state index contributed by atoms with van der Waals surface area (Å²) in [6.07, 6.45) is -0.228. The fourth-order valence-electron chi connectivity index (χ4n) is 4.20. The predicted molar refractivity (Wildman–Crippen MR) is 148 cm³/mol. The highest BCUT2D eigenvalue weighted by Crippen LogP contribution is 2.27. The molecule has 2 aromatic carbocycles. The third-order valence-corrected chi connectivity index (χ3v) is 14.9. The fraction of sp³-hybridized carbons (Fsp3) is 0.423. The molecule has 0 saturated carbocycles. The van der Waals surface area contributed by atoms with Crippen LogP contribution in [0.5, 0.6) is 5.75 Å². The van der Waals surface area contributed by atoms with E-state index in [0.717, 1.165) is 17.9 Å². The number of para-hydroxylation sites is 1. The topological polar surface area (TPSA) is 78.1 Å². The maximum Gasteiger partial charge on any atom is 0.342 e. The van der Waals surface area contributed by atoms with Crippen LogP contribution in [0, 0.1) is 0 Å². The summed E-state index contributed by atoms with van der Waals surface area (Å²) < 4.78 is 24.4. The van der Waals surface area contributed by atoms with Crippen LogP contribution in [0.2, 0.25) is 51.9 Å². The van der Waals surface area contributed by atoms with Crippen LogP contribution < -0.4 is 10.4 Å². The molecule has 0 amide bonds. The van der Waals surface area contributed by atoms with E-state index in [0.29, 0.717) is 23.5 Å². The quantitative estimate of drug-likeness (QED) is 0.175. The number of aliphatic hydroxyl groups excluding tert-OH is 1. The molecule has 0 saturated heterocycles. The molecule has 1 aromatic heterocycles. The Labute approximate surface area is 211 Å². The predicted octanol–water partition coefficient (Wildman–Crippen LogP) is 6.42. The van der Waals surface area contributed by atoms with Gasteiger partial charge in [0.05, 0.1) is 12.2 Å². The minimum absolute atomic E-state index is 0.214. The first kappa shape index (κ1) is 27.6. The molecule has 0 aliphatic rings. The van der Waals surface area contributed by atoms with Gasteiger partial charge < -0.3 is 22.5 Å². The smallest absolute Gasteiger partial charge is 0.342 e. The molecule has 1 atom stereocenters. The first-order chi connectivity index (χ1) is 16.2. The van der Waals surface area contributed by atoms with E-state index in [1.807, 2.05) is 24.3 Å². The summed E-state index contributed by atoms with van der Waals surface area (Å²) in [5.41, 5.74) is 0.782. The summed E-state index contributed by atoms with van der Waals surface area (Å²) in [4.78, 5) is 12.4. The van der Waals surface area contributed by atoms with E-state index in [2.05, 4.69) is 45.8 Å². The zero-order valence-electron chi connectivity index (χ0n) is 21.9. The molecule has 35 heavy (non-hydrogen) atoms. The zero-order chi connectivity index (χ0) is 25.9. The monoisotopic (exact) mass is 530 g/mol. The number of fused-ring (bicyclic) bond motifs is 1. The van der Waals surface area contributed by atoms with Crippen LogP contribution in [0.25, 0.3) is 11.0 Å². The standard InChI is InChI=1S/C26H38O6Si3/c1-33(2,3)31-35(7,32-34(4,5)6)18-10-17-29-22-15-13-20(14-16-22)25(27)23-19-21-11-8-9-12-24(21)30-26(23)28/h8-9,11-16,19,25,27H,10,17-18H2,1-7H3. The minimum atomic E-state index is -2.27. The van der Waals surface area contributed by atoms with E-state index in [1.165, 1.54) is 0 Å². The van der Waals surface area contributed by atoms with Gasteiger partial charge in [-0.25, -0.2) is 4.79 Å². The van der Waals surface area contributed by atoms with Gasteiger partial charge in [0.15, 0.2) is 16.6 Å². The summed E-state index contributed by atoms with van der Waals surface area (Å²) in [6, 6.07) is 17.0. The van der Waals surface area contributed by atoms with Crippen molar-refractivity contribution in [2.24, 2.45) is 0 Å². The van der Waals surface area contributed by atoms with E-state index in [1.54, 1.807) is 30.3 Å². The van der Waals surface area contributed by atoms with Crippen LogP contribution in [0.1, 0.15) is 23.7 Å². The molecule has 0 radical (unpaired) electrons. The van der Waals surface area contributed by atoms with Crippen molar-refractivity contribution in [3.8, 4) is 5.75 Å². The average Bonchev–Trinajstić information content (AvgIpc) is 2.73. The van der Waals surface area contributed by atoms with Crippen molar-refractivity contribution in [2.75, 3.05) is 6.61 Å². The minimum Gasteiger partial charge on any atom is -0.494 e. The normalized spacial score (nSPS) is 13.7. The van der Waals surface area contributed by atoms with Crippen LogP contribution in [0.3, 0.4) is 0 Å². The van der Waals surface area contributed by atoms with Gasteiger partial charge in [0.1, 0.15) is 17.4 Å². The van der Waals surface area contributed by atoms with Crippen molar-refractivity contribution in [3.63, 3.8) is 0 Å². The summed E-state index contributed by atoms with van der Waals surface area (Å²) in [6.45, 7) is 16.0. The highest BCUT2D eigenvalue weighted by molar-refractivity contribution is 6.87. The summed E-state index contributed by atoms with van der Waals surface area (Å²) >= 11 is 0. The molecule has 0 bridgehead atoms. The van der Waals surface area contributed by atoms with Gasteiger partial charge in [-0.05, 0) is 88.1 Å². The average molecular weight is 531 g/mol. The number of hydrogen-bond acceptors (Lipinski definition) is 6. The molecule has 1 N–H and O–H groups in total. The molecule has 0 fully saturated rings. The van der Waals surface area contributed by atoms with Crippen molar-refractivity contribution in [3.05, 3.63) is 76.1 Å². The van der Waals surface area contributed by atoms with Crippen LogP contribution in [-0.2, 0) is 8.23 Å². The third-order valence-electron chi connectivity index (χ3n) is 5.25. The highest BCUT2D eigenvalue weighted by Gasteiger charge is 2.39. The molecule has 6 nitrogen and oxygen atoms in total. The van der Waals surface area contributed by atoms with Crippen LogP contribution in [-0.4, -0.2) is 36.9 Å². The second kappa shape index (κ2) is 10.9. The lowest BCUT2D eigenvalue weighted by Crippen LogP contribution is -2.52. The van der Waals surface area contributed by atoms with Gasteiger partial charge in [0.25, 0.3) is 0 Å². The largest absolute Gasteiger partial charge is 0.494 e. The molecule has 190 valence electrons. The van der Waals surface area contributed by atoms with E-state index in [9.17, 15) is 9.90 Å². The van der Waals surface area contributed by atoms with Gasteiger partial charge in [-0.2, -0.15) is 0 Å². The molecule has 1 heterocycles. The Kier molecular flexibility index (Phi) is 8.61. The fourth-order valence-corrected chi connectivity index (χ4v) is 16.7. The lowest BCUT2D eigenvalue weighted by Gasteiger charge is -2.38. The lowest BCUT2D eigenvalue weighted by atomic mass is 10.0. The van der Waals surface area contributed by atoms with E-state index in [-0.39, 0.29) is 5.56 Å². The Morgan fingerprint density at radius 2 is 1.49 bits per heavy atom. The van der Waals surface area contributed by atoms with Crippen molar-refractivity contribution >= 4 is 36.2 Å². The molecule has 3 rings (SSSR count). The van der Waals surface area contributed by atoms with E-state index < -0.39 is 36.9 Å². The molecule has 0 spiro atoms. The number of hydrogen-bond donors (Lipinski definition) is 1. The maximum atomic E-state index is 12.4. The van der Waals surface area contributed by atoms with Crippen molar-refractivity contribution in [1.82, 2.24) is 0 Å². The van der Waals surface area contributed by atoms with Gasteiger partial charge in [0, 0.05) is 5.39 Å². The SMILES string of the molecule is C[Si](C)(C)O[Si](C)(CCCOc1ccc(C(O)c2cc3ccccc3oc2=O)cc1)O[Si](C)(C)C. The Balaban J connectivity index is 1.60. The zero-order valence-corrected chi connectivity index (χ0v) is 24.9. The second-order valence-electron chi connectivity index (χ2n) is 11.0. The Hall–Kier alpha value is -2.02. The molecular formula is C26H38O6Si3. The first-order valence-corrected chi connectivity index (χ1v) is 21.4. The van der Waals surface area contributed by atoms with E-state index in [4.69, 9.17) is 17.4 Å². The molecule has 0 aliphatic carbocycles. The maximum absolute atomic E-state index is 12.4.